The molecule has 1 aromatic heterocycles. The maximum atomic E-state index is 11.0. The second-order valence-corrected chi connectivity index (χ2v) is 4.28. The number of oxazole rings is 1. The number of aromatic carboxylic acids is 1. The van der Waals surface area contributed by atoms with Gasteiger partial charge in [-0.1, -0.05) is 11.6 Å². The van der Waals surface area contributed by atoms with Crippen molar-refractivity contribution in [3.63, 3.8) is 0 Å². The largest absolute Gasteiger partial charge is 0.478 e. The average molecular weight is 256 g/mol. The molecule has 4 nitrogen and oxygen atoms in total. The van der Waals surface area contributed by atoms with Gasteiger partial charge in [-0.15, -0.1) is 0 Å². The van der Waals surface area contributed by atoms with Crippen LogP contribution in [0.3, 0.4) is 0 Å². The van der Waals surface area contributed by atoms with Gasteiger partial charge in [0.2, 0.25) is 0 Å². The summed E-state index contributed by atoms with van der Waals surface area (Å²) in [5.41, 5.74) is 0.174. The Labute approximate surface area is 100 Å². The van der Waals surface area contributed by atoms with E-state index in [2.05, 4.69) is 4.98 Å². The van der Waals surface area contributed by atoms with Gasteiger partial charge in [0, 0.05) is 9.92 Å². The number of carboxylic acid groups (broad SMARTS) is 1. The van der Waals surface area contributed by atoms with Crippen molar-refractivity contribution in [2.24, 2.45) is 0 Å². The van der Waals surface area contributed by atoms with Gasteiger partial charge in [-0.05, 0) is 30.0 Å². The highest BCUT2D eigenvalue weighted by atomic mass is 35.5. The maximum absolute atomic E-state index is 11.0. The lowest BCUT2D eigenvalue weighted by molar-refractivity contribution is 0.0693. The Morgan fingerprint density at radius 3 is 2.94 bits per heavy atom. The van der Waals surface area contributed by atoms with Gasteiger partial charge >= 0.3 is 5.97 Å². The third kappa shape index (κ3) is 2.37. The van der Waals surface area contributed by atoms with Crippen LogP contribution in [0, 0.1) is 0 Å². The number of nitrogens with zero attached hydrogens (tertiary/aromatic N) is 1. The van der Waals surface area contributed by atoms with Crippen LogP contribution in [0.4, 0.5) is 0 Å². The smallest absolute Gasteiger partial charge is 0.336 e. The Morgan fingerprint density at radius 1 is 1.50 bits per heavy atom. The standard InChI is InChI=1S/C10H6ClNO3S/c11-6-1-2-7(9(13)14)8(5-6)16-10-12-3-4-15-10/h1-5H,(H,13,14). The third-order valence-electron chi connectivity index (χ3n) is 1.78. The summed E-state index contributed by atoms with van der Waals surface area (Å²) >= 11 is 6.92. The van der Waals surface area contributed by atoms with Gasteiger partial charge in [0.1, 0.15) is 6.26 Å². The van der Waals surface area contributed by atoms with Crippen LogP contribution >= 0.6 is 23.4 Å². The van der Waals surface area contributed by atoms with E-state index in [1.165, 1.54) is 24.6 Å². The van der Waals surface area contributed by atoms with E-state index in [9.17, 15) is 4.79 Å². The molecule has 0 fully saturated rings. The van der Waals surface area contributed by atoms with E-state index in [1.54, 1.807) is 6.07 Å². The molecule has 0 spiro atoms. The van der Waals surface area contributed by atoms with E-state index in [1.807, 2.05) is 0 Å². The van der Waals surface area contributed by atoms with Crippen LogP contribution < -0.4 is 0 Å². The van der Waals surface area contributed by atoms with Crippen LogP contribution in [-0.4, -0.2) is 16.1 Å². The van der Waals surface area contributed by atoms with Crippen LogP contribution in [0.1, 0.15) is 10.4 Å². The number of halogens is 1. The van der Waals surface area contributed by atoms with E-state index >= 15 is 0 Å². The van der Waals surface area contributed by atoms with Crippen LogP contribution in [0.15, 0.2) is 45.2 Å². The fourth-order valence-electron chi connectivity index (χ4n) is 1.11. The lowest BCUT2D eigenvalue weighted by Gasteiger charge is -2.03. The molecule has 0 bridgehead atoms. The summed E-state index contributed by atoms with van der Waals surface area (Å²) in [4.78, 5) is 15.4. The van der Waals surface area contributed by atoms with E-state index in [0.29, 0.717) is 15.1 Å². The van der Waals surface area contributed by atoms with Gasteiger partial charge in [-0.3, -0.25) is 0 Å². The normalized spacial score (nSPS) is 10.3. The molecule has 0 aliphatic heterocycles. The summed E-state index contributed by atoms with van der Waals surface area (Å²) in [6.45, 7) is 0. The van der Waals surface area contributed by atoms with Gasteiger partial charge in [0.05, 0.1) is 11.8 Å². The van der Waals surface area contributed by atoms with Crippen molar-refractivity contribution < 1.29 is 14.3 Å². The summed E-state index contributed by atoms with van der Waals surface area (Å²) in [5, 5.41) is 9.83. The van der Waals surface area contributed by atoms with Crippen molar-refractivity contribution >= 4 is 29.3 Å². The second-order valence-electron chi connectivity index (χ2n) is 2.85. The van der Waals surface area contributed by atoms with Gasteiger partial charge in [0.25, 0.3) is 5.22 Å². The van der Waals surface area contributed by atoms with Crippen molar-refractivity contribution in [3.8, 4) is 0 Å². The molecule has 0 atom stereocenters. The molecule has 2 rings (SSSR count). The van der Waals surface area contributed by atoms with Gasteiger partial charge in [-0.25, -0.2) is 9.78 Å². The molecule has 0 unspecified atom stereocenters. The number of hydrogen-bond donors (Lipinski definition) is 1. The summed E-state index contributed by atoms with van der Waals surface area (Å²) in [6.07, 6.45) is 2.92. The fourth-order valence-corrected chi connectivity index (χ4v) is 2.21. The zero-order chi connectivity index (χ0) is 11.5. The van der Waals surface area contributed by atoms with Gasteiger partial charge in [0.15, 0.2) is 0 Å². The Morgan fingerprint density at radius 2 is 2.31 bits per heavy atom. The Kier molecular flexibility index (Phi) is 3.17. The monoisotopic (exact) mass is 255 g/mol. The van der Waals surface area contributed by atoms with Gasteiger partial charge in [-0.2, -0.15) is 0 Å². The summed E-state index contributed by atoms with van der Waals surface area (Å²) in [6, 6.07) is 4.56. The summed E-state index contributed by atoms with van der Waals surface area (Å²) < 4.78 is 5.03. The minimum absolute atomic E-state index is 0.174. The summed E-state index contributed by atoms with van der Waals surface area (Å²) in [5.74, 6) is -1.01. The Bertz CT molecular complexity index is 513. The van der Waals surface area contributed by atoms with E-state index in [4.69, 9.17) is 21.1 Å². The van der Waals surface area contributed by atoms with Crippen LogP contribution in [0.5, 0.6) is 0 Å². The molecule has 2 aromatic rings. The first kappa shape index (κ1) is 11.0. The van der Waals surface area contributed by atoms with Crippen molar-refractivity contribution in [3.05, 3.63) is 41.2 Å². The highest BCUT2D eigenvalue weighted by Crippen LogP contribution is 2.31. The predicted molar refractivity (Wildman–Crippen MR) is 59.0 cm³/mol. The first-order valence-electron chi connectivity index (χ1n) is 4.27. The fraction of sp³-hybridized carbons (Fsp3) is 0. The van der Waals surface area contributed by atoms with Crippen molar-refractivity contribution in [2.75, 3.05) is 0 Å². The molecule has 16 heavy (non-hydrogen) atoms. The van der Waals surface area contributed by atoms with Crippen molar-refractivity contribution in [1.82, 2.24) is 4.98 Å². The summed E-state index contributed by atoms with van der Waals surface area (Å²) in [7, 11) is 0. The lowest BCUT2D eigenvalue weighted by Crippen LogP contribution is -1.98. The first-order chi connectivity index (χ1) is 7.66. The molecular formula is C10H6ClNO3S. The SMILES string of the molecule is O=C(O)c1ccc(Cl)cc1Sc1ncco1. The van der Waals surface area contributed by atoms with Crippen molar-refractivity contribution in [2.45, 2.75) is 10.1 Å². The van der Waals surface area contributed by atoms with Crippen LogP contribution in [0.25, 0.3) is 0 Å². The molecule has 6 heteroatoms. The zero-order valence-corrected chi connectivity index (χ0v) is 9.46. The quantitative estimate of drug-likeness (QED) is 0.913. The van der Waals surface area contributed by atoms with Crippen LogP contribution in [0.2, 0.25) is 5.02 Å². The first-order valence-corrected chi connectivity index (χ1v) is 5.46. The molecule has 0 radical (unpaired) electrons. The topological polar surface area (TPSA) is 63.3 Å². The highest BCUT2D eigenvalue weighted by molar-refractivity contribution is 7.99. The molecule has 82 valence electrons. The maximum Gasteiger partial charge on any atom is 0.336 e. The van der Waals surface area contributed by atoms with E-state index < -0.39 is 5.97 Å². The molecule has 1 aromatic carbocycles. The second kappa shape index (κ2) is 4.59. The highest BCUT2D eigenvalue weighted by Gasteiger charge is 2.13. The predicted octanol–water partition coefficient (Wildman–Crippen LogP) is 3.18. The molecule has 0 aliphatic carbocycles. The molecular weight excluding hydrogens is 250 g/mol. The molecule has 1 N–H and O–H groups in total. The van der Waals surface area contributed by atoms with E-state index in [0.717, 1.165) is 11.8 Å². The van der Waals surface area contributed by atoms with E-state index in [-0.39, 0.29) is 5.56 Å². The number of carboxylic acids is 1. The minimum Gasteiger partial charge on any atom is -0.478 e. The van der Waals surface area contributed by atoms with Gasteiger partial charge < -0.3 is 9.52 Å². The molecule has 0 saturated heterocycles. The molecule has 0 amide bonds. The number of aromatic nitrogens is 1. The molecule has 0 saturated carbocycles. The Hall–Kier alpha value is -1.46. The third-order valence-corrected chi connectivity index (χ3v) is 2.95. The minimum atomic E-state index is -1.01. The Balaban J connectivity index is 2.38. The number of benzene rings is 1. The number of carbonyl (C=O) groups is 1. The van der Waals surface area contributed by atoms with Crippen molar-refractivity contribution in [1.29, 1.82) is 0 Å². The molecule has 1 heterocycles. The molecule has 0 aliphatic rings. The zero-order valence-electron chi connectivity index (χ0n) is 7.88. The number of hydrogen-bond acceptors (Lipinski definition) is 4. The lowest BCUT2D eigenvalue weighted by atomic mass is 10.2. The number of rotatable bonds is 3. The van der Waals surface area contributed by atoms with Crippen LogP contribution in [-0.2, 0) is 0 Å². The average Bonchev–Trinajstić information content (AvgIpc) is 2.70.